The second-order valence-corrected chi connectivity index (χ2v) is 4.76. The molecule has 0 aliphatic heterocycles. The van der Waals surface area contributed by atoms with Crippen molar-refractivity contribution in [3.05, 3.63) is 41.2 Å². The summed E-state index contributed by atoms with van der Waals surface area (Å²) in [6.07, 6.45) is 3.72. The Kier molecular flexibility index (Phi) is 3.18. The van der Waals surface area contributed by atoms with E-state index in [0.29, 0.717) is 10.6 Å². The molecule has 0 spiro atoms. The Morgan fingerprint density at radius 1 is 1.44 bits per heavy atom. The predicted octanol–water partition coefficient (Wildman–Crippen LogP) is 3.10. The predicted molar refractivity (Wildman–Crippen MR) is 63.5 cm³/mol. The maximum absolute atomic E-state index is 8.75. The van der Waals surface area contributed by atoms with E-state index in [2.05, 4.69) is 5.10 Å². The van der Waals surface area contributed by atoms with Gasteiger partial charge in [-0.3, -0.25) is 4.68 Å². The normalized spacial score (nSPS) is 10.1. The first kappa shape index (κ1) is 11.1. The molecule has 0 saturated heterocycles. The van der Waals surface area contributed by atoms with Crippen molar-refractivity contribution in [2.75, 3.05) is 0 Å². The number of hydrogen-bond donors (Lipinski definition) is 0. The molecule has 0 aliphatic carbocycles. The number of benzene rings is 1. The van der Waals surface area contributed by atoms with E-state index in [4.69, 9.17) is 16.9 Å². The second-order valence-electron chi connectivity index (χ2n) is 3.21. The molecule has 0 unspecified atom stereocenters. The molecule has 0 amide bonds. The molecule has 0 N–H and O–H groups in total. The van der Waals surface area contributed by atoms with Crippen LogP contribution in [-0.4, -0.2) is 9.78 Å². The van der Waals surface area contributed by atoms with Gasteiger partial charge in [0.2, 0.25) is 0 Å². The molecule has 0 radical (unpaired) electrons. The summed E-state index contributed by atoms with van der Waals surface area (Å²) < 4.78 is 1.74. The third-order valence-corrected chi connectivity index (χ3v) is 3.23. The maximum Gasteiger partial charge on any atom is 0.101 e. The number of nitriles is 1. The Morgan fingerprint density at radius 3 is 2.81 bits per heavy atom. The van der Waals surface area contributed by atoms with Gasteiger partial charge in [0.05, 0.1) is 21.7 Å². The van der Waals surface area contributed by atoms with Gasteiger partial charge in [-0.25, -0.2) is 0 Å². The number of hydrogen-bond acceptors (Lipinski definition) is 3. The summed E-state index contributed by atoms with van der Waals surface area (Å²) >= 11 is 7.51. The minimum absolute atomic E-state index is 0.483. The van der Waals surface area contributed by atoms with E-state index in [1.807, 2.05) is 25.4 Å². The Morgan fingerprint density at radius 2 is 2.25 bits per heavy atom. The van der Waals surface area contributed by atoms with Crippen molar-refractivity contribution < 1.29 is 0 Å². The van der Waals surface area contributed by atoms with Crippen LogP contribution in [0.25, 0.3) is 0 Å². The average molecular weight is 250 g/mol. The van der Waals surface area contributed by atoms with Gasteiger partial charge in [-0.2, -0.15) is 10.4 Å². The highest BCUT2D eigenvalue weighted by molar-refractivity contribution is 7.99. The van der Waals surface area contributed by atoms with Gasteiger partial charge in [0.25, 0.3) is 0 Å². The topological polar surface area (TPSA) is 41.6 Å². The summed E-state index contributed by atoms with van der Waals surface area (Å²) in [5.41, 5.74) is 0.497. The summed E-state index contributed by atoms with van der Waals surface area (Å²) in [4.78, 5) is 2.04. The molecule has 3 nitrogen and oxygen atoms in total. The van der Waals surface area contributed by atoms with Crippen LogP contribution in [0.1, 0.15) is 5.56 Å². The first-order valence-corrected chi connectivity index (χ1v) is 5.74. The molecule has 1 aromatic carbocycles. The van der Waals surface area contributed by atoms with E-state index >= 15 is 0 Å². The van der Waals surface area contributed by atoms with Crippen LogP contribution in [0, 0.1) is 11.3 Å². The van der Waals surface area contributed by atoms with Crippen molar-refractivity contribution in [2.24, 2.45) is 7.05 Å². The number of halogens is 1. The lowest BCUT2D eigenvalue weighted by atomic mass is 10.2. The lowest BCUT2D eigenvalue weighted by molar-refractivity contribution is 0.766. The number of aromatic nitrogens is 2. The van der Waals surface area contributed by atoms with E-state index in [1.165, 1.54) is 0 Å². The van der Waals surface area contributed by atoms with Crippen LogP contribution in [0.5, 0.6) is 0 Å². The Bertz CT molecular complexity index is 557. The number of nitrogens with zero attached hydrogens (tertiary/aromatic N) is 3. The molecule has 16 heavy (non-hydrogen) atoms. The van der Waals surface area contributed by atoms with Crippen LogP contribution in [0.2, 0.25) is 5.02 Å². The zero-order chi connectivity index (χ0) is 11.5. The van der Waals surface area contributed by atoms with Crippen molar-refractivity contribution in [1.82, 2.24) is 9.78 Å². The molecule has 0 bridgehead atoms. The minimum Gasteiger partial charge on any atom is -0.275 e. The van der Waals surface area contributed by atoms with Crippen molar-refractivity contribution in [3.63, 3.8) is 0 Å². The van der Waals surface area contributed by atoms with Crippen LogP contribution in [0.3, 0.4) is 0 Å². The fraction of sp³-hybridized carbons (Fsp3) is 0.0909. The zero-order valence-corrected chi connectivity index (χ0v) is 10.1. The summed E-state index contributed by atoms with van der Waals surface area (Å²) in [7, 11) is 1.87. The lowest BCUT2D eigenvalue weighted by Crippen LogP contribution is -1.83. The first-order chi connectivity index (χ1) is 7.69. The van der Waals surface area contributed by atoms with Gasteiger partial charge in [-0.15, -0.1) is 0 Å². The summed E-state index contributed by atoms with van der Waals surface area (Å²) in [5.74, 6) is 0. The highest BCUT2D eigenvalue weighted by Gasteiger charge is 2.03. The molecule has 0 fully saturated rings. The molecule has 0 saturated carbocycles. The van der Waals surface area contributed by atoms with Crippen molar-refractivity contribution in [3.8, 4) is 6.07 Å². The smallest absolute Gasteiger partial charge is 0.101 e. The molecule has 1 aromatic heterocycles. The van der Waals surface area contributed by atoms with Gasteiger partial charge >= 0.3 is 0 Å². The van der Waals surface area contributed by atoms with Gasteiger partial charge in [0.1, 0.15) is 6.07 Å². The van der Waals surface area contributed by atoms with E-state index < -0.39 is 0 Å². The number of aryl methyl sites for hydroxylation is 1. The fourth-order valence-corrected chi connectivity index (χ4v) is 2.42. The van der Waals surface area contributed by atoms with Crippen LogP contribution in [-0.2, 0) is 7.05 Å². The summed E-state index contributed by atoms with van der Waals surface area (Å²) in [5, 5.41) is 13.3. The van der Waals surface area contributed by atoms with Gasteiger partial charge < -0.3 is 0 Å². The van der Waals surface area contributed by atoms with E-state index in [0.717, 1.165) is 9.79 Å². The van der Waals surface area contributed by atoms with Crippen LogP contribution in [0.4, 0.5) is 0 Å². The first-order valence-electron chi connectivity index (χ1n) is 4.55. The second kappa shape index (κ2) is 4.60. The third-order valence-electron chi connectivity index (χ3n) is 1.98. The average Bonchev–Trinajstić information content (AvgIpc) is 2.64. The van der Waals surface area contributed by atoms with E-state index in [-0.39, 0.29) is 0 Å². The monoisotopic (exact) mass is 249 g/mol. The molecule has 80 valence electrons. The SMILES string of the molecule is Cn1cc(Sc2ccc(C#N)c(Cl)c2)cn1. The summed E-state index contributed by atoms with van der Waals surface area (Å²) in [6, 6.07) is 7.42. The van der Waals surface area contributed by atoms with Crippen LogP contribution < -0.4 is 0 Å². The maximum atomic E-state index is 8.75. The molecule has 2 rings (SSSR count). The largest absolute Gasteiger partial charge is 0.275 e. The minimum atomic E-state index is 0.483. The Hall–Kier alpha value is -1.44. The van der Waals surface area contributed by atoms with E-state index in [1.54, 1.807) is 34.8 Å². The zero-order valence-electron chi connectivity index (χ0n) is 8.51. The standard InChI is InChI=1S/C11H8ClN3S/c1-15-7-10(6-14-15)16-9-3-2-8(5-13)11(12)4-9/h2-4,6-7H,1H3. The third kappa shape index (κ3) is 2.38. The molecule has 2 aromatic rings. The summed E-state index contributed by atoms with van der Waals surface area (Å²) in [6.45, 7) is 0. The van der Waals surface area contributed by atoms with Crippen LogP contribution >= 0.6 is 23.4 Å². The molecule has 5 heteroatoms. The highest BCUT2D eigenvalue weighted by atomic mass is 35.5. The van der Waals surface area contributed by atoms with Crippen molar-refractivity contribution in [2.45, 2.75) is 9.79 Å². The quantitative estimate of drug-likeness (QED) is 0.821. The van der Waals surface area contributed by atoms with Gasteiger partial charge in [0.15, 0.2) is 0 Å². The Balaban J connectivity index is 2.23. The van der Waals surface area contributed by atoms with Crippen molar-refractivity contribution in [1.29, 1.82) is 5.26 Å². The molecule has 0 atom stereocenters. The molecular formula is C11H8ClN3S. The molecule has 1 heterocycles. The van der Waals surface area contributed by atoms with Crippen LogP contribution in [0.15, 0.2) is 40.4 Å². The van der Waals surface area contributed by atoms with E-state index in [9.17, 15) is 0 Å². The van der Waals surface area contributed by atoms with Crippen molar-refractivity contribution >= 4 is 23.4 Å². The van der Waals surface area contributed by atoms with Gasteiger partial charge in [-0.05, 0) is 18.2 Å². The van der Waals surface area contributed by atoms with Gasteiger partial charge in [0, 0.05) is 18.1 Å². The number of rotatable bonds is 2. The molecular weight excluding hydrogens is 242 g/mol. The Labute approximate surface area is 103 Å². The highest BCUT2D eigenvalue weighted by Crippen LogP contribution is 2.30. The lowest BCUT2D eigenvalue weighted by Gasteiger charge is -2.00. The van der Waals surface area contributed by atoms with Gasteiger partial charge in [-0.1, -0.05) is 23.4 Å². The molecule has 0 aliphatic rings. The fourth-order valence-electron chi connectivity index (χ4n) is 1.24.